The van der Waals surface area contributed by atoms with Gasteiger partial charge in [-0.15, -0.1) is 0 Å². The van der Waals surface area contributed by atoms with Crippen molar-refractivity contribution in [2.45, 2.75) is 38.6 Å². The van der Waals surface area contributed by atoms with Crippen LogP contribution in [0.15, 0.2) is 24.3 Å². The van der Waals surface area contributed by atoms with Crippen LogP contribution in [0.5, 0.6) is 0 Å². The predicted molar refractivity (Wildman–Crippen MR) is 81.9 cm³/mol. The van der Waals surface area contributed by atoms with Gasteiger partial charge in [0.05, 0.1) is 12.6 Å². The first-order valence-electron chi connectivity index (χ1n) is 7.84. The minimum Gasteiger partial charge on any atom is -0.396 e. The summed E-state index contributed by atoms with van der Waals surface area (Å²) in [6.07, 6.45) is 4.38. The van der Waals surface area contributed by atoms with Gasteiger partial charge in [0.25, 0.3) is 0 Å². The number of hydrogen-bond acceptors (Lipinski definition) is 2. The summed E-state index contributed by atoms with van der Waals surface area (Å²) in [5.74, 6) is 0.561. The van der Waals surface area contributed by atoms with E-state index in [4.69, 9.17) is 0 Å². The molecule has 21 heavy (non-hydrogen) atoms. The topological polar surface area (TPSA) is 61.4 Å². The van der Waals surface area contributed by atoms with Crippen molar-refractivity contribution in [1.82, 2.24) is 10.6 Å². The molecule has 0 aliphatic heterocycles. The SMILES string of the molecule is Cc1ccc([C@@H](NC(=O)NCC2(CO)CC2)C2CC2)cc1. The van der Waals surface area contributed by atoms with E-state index in [1.165, 1.54) is 24.0 Å². The Morgan fingerprint density at radius 3 is 2.52 bits per heavy atom. The number of rotatable bonds is 6. The molecular formula is C17H24N2O2. The Bertz CT molecular complexity index is 504. The summed E-state index contributed by atoms with van der Waals surface area (Å²) < 4.78 is 0. The number of benzene rings is 1. The van der Waals surface area contributed by atoms with Crippen LogP contribution in [0.1, 0.15) is 42.9 Å². The highest BCUT2D eigenvalue weighted by atomic mass is 16.3. The number of carbonyl (C=O) groups is 1. The first-order chi connectivity index (χ1) is 10.1. The Morgan fingerprint density at radius 1 is 1.33 bits per heavy atom. The Balaban J connectivity index is 1.57. The van der Waals surface area contributed by atoms with Crippen LogP contribution in [-0.4, -0.2) is 24.3 Å². The molecule has 2 fully saturated rings. The maximum absolute atomic E-state index is 12.1. The van der Waals surface area contributed by atoms with Gasteiger partial charge in [0.1, 0.15) is 0 Å². The molecule has 0 aromatic heterocycles. The number of hydrogen-bond donors (Lipinski definition) is 3. The molecule has 1 aromatic rings. The lowest BCUT2D eigenvalue weighted by atomic mass is 10.0. The van der Waals surface area contributed by atoms with Crippen LogP contribution in [0.25, 0.3) is 0 Å². The lowest BCUT2D eigenvalue weighted by molar-refractivity contribution is 0.201. The molecule has 2 aliphatic rings. The summed E-state index contributed by atoms with van der Waals surface area (Å²) in [6.45, 7) is 2.80. The Hall–Kier alpha value is -1.55. The van der Waals surface area contributed by atoms with Crippen molar-refractivity contribution in [3.05, 3.63) is 35.4 Å². The van der Waals surface area contributed by atoms with Crippen LogP contribution in [-0.2, 0) is 0 Å². The van der Waals surface area contributed by atoms with Gasteiger partial charge in [-0.05, 0) is 44.1 Å². The van der Waals surface area contributed by atoms with Gasteiger partial charge in [0.2, 0.25) is 0 Å². The first kappa shape index (κ1) is 14.4. The van der Waals surface area contributed by atoms with Gasteiger partial charge in [0.15, 0.2) is 0 Å². The predicted octanol–water partition coefficient (Wildman–Crippen LogP) is 2.52. The molecule has 2 saturated carbocycles. The maximum Gasteiger partial charge on any atom is 0.315 e. The van der Waals surface area contributed by atoms with Crippen LogP contribution in [0.4, 0.5) is 4.79 Å². The highest BCUT2D eigenvalue weighted by Crippen LogP contribution is 2.44. The molecule has 4 heteroatoms. The molecule has 0 unspecified atom stereocenters. The average molecular weight is 288 g/mol. The molecule has 114 valence electrons. The summed E-state index contributed by atoms with van der Waals surface area (Å²) in [5.41, 5.74) is 2.37. The number of aryl methyl sites for hydroxylation is 1. The zero-order chi connectivity index (χ0) is 14.9. The minimum absolute atomic E-state index is 0.0454. The molecule has 0 saturated heterocycles. The average Bonchev–Trinajstić information content (AvgIpc) is 3.39. The number of aliphatic hydroxyl groups is 1. The Morgan fingerprint density at radius 2 is 2.00 bits per heavy atom. The standard InChI is InChI=1S/C17H24N2O2/c1-12-2-4-13(5-3-12)15(14-6-7-14)19-16(21)18-10-17(11-20)8-9-17/h2-5,14-15,20H,6-11H2,1H3,(H2,18,19,21)/t15-/m1/s1. The molecule has 3 rings (SSSR count). The third kappa shape index (κ3) is 3.56. The first-order valence-corrected chi connectivity index (χ1v) is 7.84. The van der Waals surface area contributed by atoms with Gasteiger partial charge >= 0.3 is 6.03 Å². The Kier molecular flexibility index (Phi) is 3.89. The highest BCUT2D eigenvalue weighted by molar-refractivity contribution is 5.74. The van der Waals surface area contributed by atoms with Gasteiger partial charge in [-0.3, -0.25) is 0 Å². The van der Waals surface area contributed by atoms with E-state index in [9.17, 15) is 9.90 Å². The molecule has 0 heterocycles. The van der Waals surface area contributed by atoms with Gasteiger partial charge < -0.3 is 15.7 Å². The number of carbonyl (C=O) groups excluding carboxylic acids is 1. The van der Waals surface area contributed by atoms with Crippen LogP contribution < -0.4 is 10.6 Å². The van der Waals surface area contributed by atoms with E-state index in [0.717, 1.165) is 12.8 Å². The van der Waals surface area contributed by atoms with Gasteiger partial charge in [0, 0.05) is 12.0 Å². The molecule has 0 radical (unpaired) electrons. The molecule has 1 aromatic carbocycles. The van der Waals surface area contributed by atoms with Gasteiger partial charge in [-0.1, -0.05) is 29.8 Å². The van der Waals surface area contributed by atoms with Crippen molar-refractivity contribution in [3.8, 4) is 0 Å². The van der Waals surface area contributed by atoms with Crippen molar-refractivity contribution in [2.75, 3.05) is 13.2 Å². The zero-order valence-corrected chi connectivity index (χ0v) is 12.6. The highest BCUT2D eigenvalue weighted by Gasteiger charge is 2.42. The van der Waals surface area contributed by atoms with Crippen LogP contribution in [0.3, 0.4) is 0 Å². The monoisotopic (exact) mass is 288 g/mol. The van der Waals surface area contributed by atoms with Gasteiger partial charge in [-0.2, -0.15) is 0 Å². The second-order valence-electron chi connectivity index (χ2n) is 6.71. The van der Waals surface area contributed by atoms with Crippen molar-refractivity contribution >= 4 is 6.03 Å². The van der Waals surface area contributed by atoms with Crippen molar-refractivity contribution in [2.24, 2.45) is 11.3 Å². The Labute approximate surface area is 125 Å². The second kappa shape index (κ2) is 5.68. The minimum atomic E-state index is -0.118. The van der Waals surface area contributed by atoms with Crippen molar-refractivity contribution < 1.29 is 9.90 Å². The molecular weight excluding hydrogens is 264 g/mol. The summed E-state index contributed by atoms with van der Waals surface area (Å²) >= 11 is 0. The van der Waals surface area contributed by atoms with Gasteiger partial charge in [-0.25, -0.2) is 4.79 Å². The van der Waals surface area contributed by atoms with Crippen LogP contribution in [0, 0.1) is 18.3 Å². The molecule has 3 N–H and O–H groups in total. The fourth-order valence-corrected chi connectivity index (χ4v) is 2.70. The summed E-state index contributed by atoms with van der Waals surface area (Å²) in [5, 5.41) is 15.3. The zero-order valence-electron chi connectivity index (χ0n) is 12.6. The summed E-state index contributed by atoms with van der Waals surface area (Å²) in [7, 11) is 0. The largest absolute Gasteiger partial charge is 0.396 e. The van der Waals surface area contributed by atoms with E-state index in [-0.39, 0.29) is 24.1 Å². The fraction of sp³-hybridized carbons (Fsp3) is 0.588. The summed E-state index contributed by atoms with van der Waals surface area (Å²) in [6, 6.07) is 8.38. The van der Waals surface area contributed by atoms with Crippen LogP contribution >= 0.6 is 0 Å². The van der Waals surface area contributed by atoms with E-state index in [0.29, 0.717) is 12.5 Å². The summed E-state index contributed by atoms with van der Waals surface area (Å²) in [4.78, 5) is 12.1. The molecule has 0 spiro atoms. The third-order valence-corrected chi connectivity index (χ3v) is 4.73. The normalized spacial score (nSPS) is 20.7. The lowest BCUT2D eigenvalue weighted by Crippen LogP contribution is -2.41. The van der Waals surface area contributed by atoms with E-state index in [1.54, 1.807) is 0 Å². The second-order valence-corrected chi connectivity index (χ2v) is 6.71. The number of aliphatic hydroxyl groups excluding tert-OH is 1. The number of amides is 2. The molecule has 0 bridgehead atoms. The number of urea groups is 1. The molecule has 2 aliphatic carbocycles. The molecule has 2 amide bonds. The number of nitrogens with one attached hydrogen (secondary N) is 2. The van der Waals surface area contributed by atoms with E-state index < -0.39 is 0 Å². The maximum atomic E-state index is 12.1. The smallest absolute Gasteiger partial charge is 0.315 e. The molecule has 1 atom stereocenters. The quantitative estimate of drug-likeness (QED) is 0.753. The van der Waals surface area contributed by atoms with Crippen LogP contribution in [0.2, 0.25) is 0 Å². The van der Waals surface area contributed by atoms with Crippen molar-refractivity contribution in [3.63, 3.8) is 0 Å². The van der Waals surface area contributed by atoms with E-state index in [1.807, 2.05) is 0 Å². The lowest BCUT2D eigenvalue weighted by Gasteiger charge is -2.20. The fourth-order valence-electron chi connectivity index (χ4n) is 2.70. The van der Waals surface area contributed by atoms with E-state index >= 15 is 0 Å². The molecule has 4 nitrogen and oxygen atoms in total. The van der Waals surface area contributed by atoms with Crippen molar-refractivity contribution in [1.29, 1.82) is 0 Å². The van der Waals surface area contributed by atoms with E-state index in [2.05, 4.69) is 41.8 Å². The third-order valence-electron chi connectivity index (χ3n) is 4.73.